The molecule has 27 heavy (non-hydrogen) atoms. The molecule has 2 N–H and O–H groups in total. The summed E-state index contributed by atoms with van der Waals surface area (Å²) < 4.78 is 11.8. The van der Waals surface area contributed by atoms with Crippen molar-refractivity contribution in [2.45, 2.75) is 51.2 Å². The van der Waals surface area contributed by atoms with Gasteiger partial charge in [0.25, 0.3) is 0 Å². The Bertz CT molecular complexity index is 621. The quantitative estimate of drug-likeness (QED) is 0.268. The first-order valence-electron chi connectivity index (χ1n) is 10.2. The molecule has 150 valence electrons. The van der Waals surface area contributed by atoms with Gasteiger partial charge in [-0.25, -0.2) is 0 Å². The van der Waals surface area contributed by atoms with Gasteiger partial charge in [0.2, 0.25) is 0 Å². The Morgan fingerprint density at radius 1 is 1.30 bits per heavy atom. The number of para-hydroxylation sites is 1. The van der Waals surface area contributed by atoms with Gasteiger partial charge < -0.3 is 20.1 Å². The van der Waals surface area contributed by atoms with E-state index in [0.29, 0.717) is 30.1 Å². The summed E-state index contributed by atoms with van der Waals surface area (Å²) in [5, 5.41) is 7.16. The van der Waals surface area contributed by atoms with Crippen LogP contribution in [0.2, 0.25) is 0 Å². The number of benzene rings is 1. The molecule has 3 atom stereocenters. The summed E-state index contributed by atoms with van der Waals surface area (Å²) in [6.07, 6.45) is 6.54. The molecule has 1 aliphatic heterocycles. The van der Waals surface area contributed by atoms with E-state index in [0.717, 1.165) is 37.8 Å². The lowest BCUT2D eigenvalue weighted by Crippen LogP contribution is -2.72. The van der Waals surface area contributed by atoms with E-state index in [1.807, 2.05) is 30.3 Å². The number of fused-ring (bicyclic) bond motifs is 2. The van der Waals surface area contributed by atoms with Crippen molar-refractivity contribution in [1.82, 2.24) is 10.6 Å². The maximum absolute atomic E-state index is 6.02. The molecule has 2 saturated carbocycles. The number of guanidine groups is 1. The Hall–Kier alpha value is -1.02. The number of hydrogen-bond donors (Lipinski definition) is 2. The van der Waals surface area contributed by atoms with Crippen LogP contribution >= 0.6 is 24.0 Å². The fraction of sp³-hybridized carbons (Fsp3) is 0.667. The van der Waals surface area contributed by atoms with Gasteiger partial charge in [-0.05, 0) is 38.3 Å². The van der Waals surface area contributed by atoms with Gasteiger partial charge in [0.15, 0.2) is 5.96 Å². The minimum Gasteiger partial charge on any atom is -0.494 e. The largest absolute Gasteiger partial charge is 0.494 e. The number of rotatable bonds is 7. The average Bonchev–Trinajstić information content (AvgIpc) is 3.04. The fourth-order valence-electron chi connectivity index (χ4n) is 4.89. The molecule has 0 amide bonds. The lowest BCUT2D eigenvalue weighted by molar-refractivity contribution is -0.171. The van der Waals surface area contributed by atoms with E-state index in [1.54, 1.807) is 0 Å². The predicted octanol–water partition coefficient (Wildman–Crippen LogP) is 3.59. The molecule has 1 aromatic rings. The molecule has 3 fully saturated rings. The molecule has 1 aromatic carbocycles. The standard InChI is InChI=1S/C21H31N3O2.HI/c1-2-22-20(23-13-7-14-25-16-8-4-3-5-9-16)24-18-17-10-15-26-19(17)21(18)11-6-12-21;/h3-5,8-9,17-19H,2,6-7,10-15H2,1H3,(H2,22,23,24);1H. The summed E-state index contributed by atoms with van der Waals surface area (Å²) in [7, 11) is 0. The van der Waals surface area contributed by atoms with E-state index in [-0.39, 0.29) is 24.0 Å². The van der Waals surface area contributed by atoms with Gasteiger partial charge in [0.05, 0.1) is 12.7 Å². The molecule has 4 rings (SSSR count). The van der Waals surface area contributed by atoms with Crippen molar-refractivity contribution < 1.29 is 9.47 Å². The van der Waals surface area contributed by atoms with Crippen LogP contribution in [0.15, 0.2) is 35.3 Å². The third-order valence-corrected chi connectivity index (χ3v) is 6.26. The maximum Gasteiger partial charge on any atom is 0.191 e. The molecular formula is C21H32IN3O2. The van der Waals surface area contributed by atoms with Crippen molar-refractivity contribution >= 4 is 29.9 Å². The van der Waals surface area contributed by atoms with E-state index in [9.17, 15) is 0 Å². The van der Waals surface area contributed by atoms with Crippen molar-refractivity contribution in [3.63, 3.8) is 0 Å². The van der Waals surface area contributed by atoms with Crippen LogP contribution in [0.3, 0.4) is 0 Å². The number of aliphatic imine (C=N–C) groups is 1. The summed E-state index contributed by atoms with van der Waals surface area (Å²) in [5.41, 5.74) is 0.383. The zero-order chi connectivity index (χ0) is 17.8. The van der Waals surface area contributed by atoms with E-state index in [2.05, 4.69) is 17.6 Å². The highest BCUT2D eigenvalue weighted by Crippen LogP contribution is 2.62. The van der Waals surface area contributed by atoms with Crippen molar-refractivity contribution in [2.75, 3.05) is 26.3 Å². The summed E-state index contributed by atoms with van der Waals surface area (Å²) in [4.78, 5) is 4.78. The molecule has 2 aliphatic carbocycles. The molecule has 6 heteroatoms. The second-order valence-corrected chi connectivity index (χ2v) is 7.73. The van der Waals surface area contributed by atoms with Crippen molar-refractivity contribution in [2.24, 2.45) is 16.3 Å². The van der Waals surface area contributed by atoms with Crippen molar-refractivity contribution in [3.8, 4) is 5.75 Å². The third kappa shape index (κ3) is 4.21. The molecular weight excluding hydrogens is 453 g/mol. The molecule has 1 heterocycles. The van der Waals surface area contributed by atoms with Gasteiger partial charge in [-0.3, -0.25) is 4.99 Å². The lowest BCUT2D eigenvalue weighted by Gasteiger charge is -2.63. The number of halogens is 1. The highest BCUT2D eigenvalue weighted by molar-refractivity contribution is 14.0. The van der Waals surface area contributed by atoms with Crippen LogP contribution in [0.5, 0.6) is 5.75 Å². The molecule has 0 bridgehead atoms. The molecule has 5 nitrogen and oxygen atoms in total. The van der Waals surface area contributed by atoms with Gasteiger partial charge in [-0.1, -0.05) is 24.6 Å². The summed E-state index contributed by atoms with van der Waals surface area (Å²) in [5.74, 6) is 2.55. The van der Waals surface area contributed by atoms with Gasteiger partial charge in [0.1, 0.15) is 5.75 Å². The van der Waals surface area contributed by atoms with Gasteiger partial charge in [-0.2, -0.15) is 0 Å². The number of hydrogen-bond acceptors (Lipinski definition) is 3. The summed E-state index contributed by atoms with van der Waals surface area (Å²) in [6.45, 7) is 5.40. The highest BCUT2D eigenvalue weighted by atomic mass is 127. The van der Waals surface area contributed by atoms with Crippen LogP contribution in [0.1, 0.15) is 39.0 Å². The van der Waals surface area contributed by atoms with Crippen LogP contribution in [-0.2, 0) is 4.74 Å². The minimum absolute atomic E-state index is 0. The van der Waals surface area contributed by atoms with Crippen LogP contribution in [0.4, 0.5) is 0 Å². The fourth-order valence-corrected chi connectivity index (χ4v) is 4.89. The van der Waals surface area contributed by atoms with E-state index < -0.39 is 0 Å². The number of nitrogens with zero attached hydrogens (tertiary/aromatic N) is 1. The van der Waals surface area contributed by atoms with Crippen LogP contribution in [0.25, 0.3) is 0 Å². The smallest absolute Gasteiger partial charge is 0.191 e. The molecule has 3 aliphatic rings. The third-order valence-electron chi connectivity index (χ3n) is 6.26. The topological polar surface area (TPSA) is 54.9 Å². The zero-order valence-electron chi connectivity index (χ0n) is 16.2. The van der Waals surface area contributed by atoms with E-state index >= 15 is 0 Å². The number of nitrogens with one attached hydrogen (secondary N) is 2. The second kappa shape index (κ2) is 9.45. The van der Waals surface area contributed by atoms with Gasteiger partial charge in [0, 0.05) is 43.5 Å². The molecule has 1 spiro atoms. The van der Waals surface area contributed by atoms with E-state index in [1.165, 1.54) is 25.7 Å². The molecule has 0 aromatic heterocycles. The first kappa shape index (κ1) is 20.7. The van der Waals surface area contributed by atoms with Gasteiger partial charge in [-0.15, -0.1) is 24.0 Å². The normalized spacial score (nSPS) is 27.7. The minimum atomic E-state index is 0. The first-order valence-corrected chi connectivity index (χ1v) is 10.2. The Morgan fingerprint density at radius 2 is 2.11 bits per heavy atom. The number of ether oxygens (including phenoxy) is 2. The predicted molar refractivity (Wildman–Crippen MR) is 119 cm³/mol. The van der Waals surface area contributed by atoms with Crippen LogP contribution in [0, 0.1) is 11.3 Å². The SMILES string of the molecule is CCNC(=NCCCOc1ccccc1)NC1C2CCOC2C12CCC2.I. The maximum atomic E-state index is 6.02. The summed E-state index contributed by atoms with van der Waals surface area (Å²) >= 11 is 0. The second-order valence-electron chi connectivity index (χ2n) is 7.73. The Morgan fingerprint density at radius 3 is 2.81 bits per heavy atom. The Labute approximate surface area is 179 Å². The van der Waals surface area contributed by atoms with Crippen LogP contribution < -0.4 is 15.4 Å². The van der Waals surface area contributed by atoms with Crippen LogP contribution in [-0.4, -0.2) is 44.4 Å². The highest BCUT2D eigenvalue weighted by Gasteiger charge is 2.66. The Balaban J connectivity index is 0.00000210. The van der Waals surface area contributed by atoms with Gasteiger partial charge >= 0.3 is 0 Å². The molecule has 3 unspecified atom stereocenters. The first-order chi connectivity index (χ1) is 12.8. The molecule has 1 saturated heterocycles. The van der Waals surface area contributed by atoms with Crippen molar-refractivity contribution in [1.29, 1.82) is 0 Å². The average molecular weight is 485 g/mol. The summed E-state index contributed by atoms with van der Waals surface area (Å²) in [6, 6.07) is 10.5. The monoisotopic (exact) mass is 485 g/mol. The molecule has 0 radical (unpaired) electrons. The van der Waals surface area contributed by atoms with E-state index in [4.69, 9.17) is 14.5 Å². The lowest BCUT2D eigenvalue weighted by atomic mass is 9.46. The van der Waals surface area contributed by atoms with Crippen molar-refractivity contribution in [3.05, 3.63) is 30.3 Å². The zero-order valence-corrected chi connectivity index (χ0v) is 18.5. The Kier molecular flexibility index (Phi) is 7.25.